The van der Waals surface area contributed by atoms with Crippen LogP contribution in [0.1, 0.15) is 44.3 Å². The summed E-state index contributed by atoms with van der Waals surface area (Å²) in [7, 11) is 1.89. The minimum atomic E-state index is 0.0218. The first kappa shape index (κ1) is 14.4. The molecule has 1 aliphatic rings. The molecule has 2 unspecified atom stereocenters. The van der Waals surface area contributed by atoms with Crippen LogP contribution in [0.15, 0.2) is 5.38 Å². The van der Waals surface area contributed by atoms with Crippen molar-refractivity contribution in [1.29, 1.82) is 0 Å². The van der Waals surface area contributed by atoms with Gasteiger partial charge in [0.15, 0.2) is 5.13 Å². The zero-order chi connectivity index (χ0) is 13.7. The van der Waals surface area contributed by atoms with E-state index in [9.17, 15) is 4.79 Å². The molecule has 6 heteroatoms. The highest BCUT2D eigenvalue weighted by atomic mass is 32.1. The lowest BCUT2D eigenvalue weighted by molar-refractivity contribution is -0.116. The van der Waals surface area contributed by atoms with Crippen molar-refractivity contribution in [3.63, 3.8) is 0 Å². The molecule has 0 radical (unpaired) electrons. The Bertz CT molecular complexity index is 416. The van der Waals surface area contributed by atoms with Crippen LogP contribution in [0.3, 0.4) is 0 Å². The molecule has 2 N–H and O–H groups in total. The van der Waals surface area contributed by atoms with Crippen LogP contribution in [0.25, 0.3) is 0 Å². The third-order valence-corrected chi connectivity index (χ3v) is 4.14. The number of amides is 1. The Hall–Kier alpha value is -0.980. The molecule has 2 atom stereocenters. The normalized spacial score (nSPS) is 20.4. The van der Waals surface area contributed by atoms with Crippen molar-refractivity contribution in [3.8, 4) is 0 Å². The number of aromatic nitrogens is 1. The molecule has 106 valence electrons. The van der Waals surface area contributed by atoms with E-state index in [1.54, 1.807) is 0 Å². The molecule has 0 aromatic carbocycles. The number of ether oxygens (including phenoxy) is 1. The molecule has 2 heterocycles. The van der Waals surface area contributed by atoms with Gasteiger partial charge in [-0.3, -0.25) is 4.79 Å². The van der Waals surface area contributed by atoms with E-state index in [0.29, 0.717) is 11.6 Å². The van der Waals surface area contributed by atoms with Crippen LogP contribution in [-0.4, -0.2) is 30.6 Å². The number of thiazole rings is 1. The molecule has 1 aromatic heterocycles. The van der Waals surface area contributed by atoms with E-state index >= 15 is 0 Å². The fourth-order valence-electron chi connectivity index (χ4n) is 2.04. The Balaban J connectivity index is 1.76. The summed E-state index contributed by atoms with van der Waals surface area (Å²) in [6, 6.07) is 0.203. The second kappa shape index (κ2) is 6.98. The average molecular weight is 283 g/mol. The zero-order valence-corrected chi connectivity index (χ0v) is 12.3. The van der Waals surface area contributed by atoms with Crippen LogP contribution >= 0.6 is 11.3 Å². The second-order valence-corrected chi connectivity index (χ2v) is 5.67. The monoisotopic (exact) mass is 283 g/mol. The van der Waals surface area contributed by atoms with Crippen LogP contribution in [0, 0.1) is 0 Å². The van der Waals surface area contributed by atoms with Gasteiger partial charge in [-0.15, -0.1) is 11.3 Å². The molecule has 1 fully saturated rings. The van der Waals surface area contributed by atoms with E-state index in [1.165, 1.54) is 11.3 Å². The third kappa shape index (κ3) is 4.26. The molecule has 0 aliphatic carbocycles. The van der Waals surface area contributed by atoms with Gasteiger partial charge in [0.25, 0.3) is 0 Å². The van der Waals surface area contributed by atoms with E-state index in [4.69, 9.17) is 4.74 Å². The summed E-state index contributed by atoms with van der Waals surface area (Å²) in [4.78, 5) is 16.2. The van der Waals surface area contributed by atoms with Gasteiger partial charge in [-0.05, 0) is 33.2 Å². The van der Waals surface area contributed by atoms with Crippen molar-refractivity contribution in [1.82, 2.24) is 10.3 Å². The summed E-state index contributed by atoms with van der Waals surface area (Å²) >= 11 is 1.47. The fourth-order valence-corrected chi connectivity index (χ4v) is 2.86. The highest BCUT2D eigenvalue weighted by Gasteiger charge is 2.17. The number of hydrogen-bond acceptors (Lipinski definition) is 5. The maximum atomic E-state index is 11.8. The molecule has 0 spiro atoms. The molecule has 1 aromatic rings. The smallest absolute Gasteiger partial charge is 0.226 e. The van der Waals surface area contributed by atoms with Gasteiger partial charge in [0.1, 0.15) is 0 Å². The van der Waals surface area contributed by atoms with E-state index in [0.717, 1.165) is 31.6 Å². The Labute approximate surface area is 117 Å². The van der Waals surface area contributed by atoms with Gasteiger partial charge in [0, 0.05) is 24.4 Å². The third-order valence-electron chi connectivity index (χ3n) is 3.36. The molecular weight excluding hydrogens is 262 g/mol. The summed E-state index contributed by atoms with van der Waals surface area (Å²) in [5, 5.41) is 8.62. The number of hydrogen-bond donors (Lipinski definition) is 2. The topological polar surface area (TPSA) is 63.2 Å². The Morgan fingerprint density at radius 1 is 1.68 bits per heavy atom. The Morgan fingerprint density at radius 2 is 2.53 bits per heavy atom. The van der Waals surface area contributed by atoms with Gasteiger partial charge in [0.2, 0.25) is 5.91 Å². The van der Waals surface area contributed by atoms with Crippen molar-refractivity contribution in [3.05, 3.63) is 11.1 Å². The summed E-state index contributed by atoms with van der Waals surface area (Å²) in [6.45, 7) is 2.88. The Morgan fingerprint density at radius 3 is 3.21 bits per heavy atom. The lowest BCUT2D eigenvalue weighted by atomic mass is 10.1. The molecular formula is C13H21N3O2S. The molecule has 0 bridgehead atoms. The number of carbonyl (C=O) groups excluding carboxylic acids is 1. The standard InChI is InChI=1S/C13H21N3O2S/c1-9(14-2)11-8-19-13(15-11)16-12(17)6-5-10-4-3-7-18-10/h8-10,14H,3-7H2,1-2H3,(H,15,16,17). The molecule has 2 rings (SSSR count). The number of anilines is 1. The SMILES string of the molecule is CNC(C)c1csc(NC(=O)CCC2CCCO2)n1. The van der Waals surface area contributed by atoms with Crippen LogP contribution in [0.5, 0.6) is 0 Å². The van der Waals surface area contributed by atoms with E-state index in [2.05, 4.69) is 15.6 Å². The lowest BCUT2D eigenvalue weighted by Gasteiger charge is -2.08. The van der Waals surface area contributed by atoms with E-state index < -0.39 is 0 Å². The minimum Gasteiger partial charge on any atom is -0.378 e. The first-order valence-corrected chi connectivity index (χ1v) is 7.61. The van der Waals surface area contributed by atoms with E-state index in [1.807, 2.05) is 19.4 Å². The lowest BCUT2D eigenvalue weighted by Crippen LogP contribution is -2.16. The zero-order valence-electron chi connectivity index (χ0n) is 11.4. The molecule has 0 saturated carbocycles. The number of nitrogens with zero attached hydrogens (tertiary/aromatic N) is 1. The fraction of sp³-hybridized carbons (Fsp3) is 0.692. The molecule has 1 saturated heterocycles. The highest BCUT2D eigenvalue weighted by Crippen LogP contribution is 2.21. The van der Waals surface area contributed by atoms with Crippen LogP contribution in [-0.2, 0) is 9.53 Å². The first-order chi connectivity index (χ1) is 9.19. The number of nitrogens with one attached hydrogen (secondary N) is 2. The predicted molar refractivity (Wildman–Crippen MR) is 76.4 cm³/mol. The maximum Gasteiger partial charge on any atom is 0.226 e. The predicted octanol–water partition coefficient (Wildman–Crippen LogP) is 2.32. The Kier molecular flexibility index (Phi) is 5.30. The molecule has 1 aliphatic heterocycles. The largest absolute Gasteiger partial charge is 0.378 e. The van der Waals surface area contributed by atoms with Gasteiger partial charge >= 0.3 is 0 Å². The quantitative estimate of drug-likeness (QED) is 0.841. The van der Waals surface area contributed by atoms with Crippen LogP contribution in [0.2, 0.25) is 0 Å². The van der Waals surface area contributed by atoms with Gasteiger partial charge < -0.3 is 15.4 Å². The summed E-state index contributed by atoms with van der Waals surface area (Å²) in [5.74, 6) is 0.0218. The summed E-state index contributed by atoms with van der Waals surface area (Å²) < 4.78 is 5.50. The first-order valence-electron chi connectivity index (χ1n) is 6.73. The van der Waals surface area contributed by atoms with Crippen LogP contribution < -0.4 is 10.6 Å². The number of rotatable bonds is 6. The number of carbonyl (C=O) groups is 1. The highest BCUT2D eigenvalue weighted by molar-refractivity contribution is 7.13. The second-order valence-electron chi connectivity index (χ2n) is 4.81. The summed E-state index contributed by atoms with van der Waals surface area (Å²) in [6.07, 6.45) is 3.76. The minimum absolute atomic E-state index is 0.0218. The molecule has 1 amide bonds. The van der Waals surface area contributed by atoms with Crippen molar-refractivity contribution >= 4 is 22.4 Å². The van der Waals surface area contributed by atoms with Crippen molar-refractivity contribution < 1.29 is 9.53 Å². The maximum absolute atomic E-state index is 11.8. The van der Waals surface area contributed by atoms with Crippen LogP contribution in [0.4, 0.5) is 5.13 Å². The summed E-state index contributed by atoms with van der Waals surface area (Å²) in [5.41, 5.74) is 0.960. The van der Waals surface area contributed by atoms with Gasteiger partial charge in [-0.2, -0.15) is 0 Å². The van der Waals surface area contributed by atoms with Crippen molar-refractivity contribution in [2.24, 2.45) is 0 Å². The van der Waals surface area contributed by atoms with Gasteiger partial charge in [0.05, 0.1) is 11.8 Å². The average Bonchev–Trinajstić information content (AvgIpc) is 3.06. The van der Waals surface area contributed by atoms with Gasteiger partial charge in [-0.25, -0.2) is 4.98 Å². The molecule has 5 nitrogen and oxygen atoms in total. The van der Waals surface area contributed by atoms with E-state index in [-0.39, 0.29) is 18.1 Å². The van der Waals surface area contributed by atoms with Crippen molar-refractivity contribution in [2.75, 3.05) is 19.0 Å². The van der Waals surface area contributed by atoms with Crippen molar-refractivity contribution in [2.45, 2.75) is 44.8 Å². The molecule has 19 heavy (non-hydrogen) atoms. The van der Waals surface area contributed by atoms with Gasteiger partial charge in [-0.1, -0.05) is 0 Å².